The van der Waals surface area contributed by atoms with Gasteiger partial charge in [0.1, 0.15) is 23.7 Å². The second-order valence-corrected chi connectivity index (χ2v) is 2.38. The third kappa shape index (κ3) is 3.13. The molecule has 2 heteroatoms. The van der Waals surface area contributed by atoms with E-state index in [0.29, 0.717) is 11.5 Å². The van der Waals surface area contributed by atoms with E-state index in [1.54, 1.807) is 38.1 Å². The zero-order valence-corrected chi connectivity index (χ0v) is 8.13. The van der Waals surface area contributed by atoms with Gasteiger partial charge in [-0.15, -0.1) is 0 Å². The van der Waals surface area contributed by atoms with Gasteiger partial charge in [0.25, 0.3) is 0 Å². The molecule has 0 saturated carbocycles. The van der Waals surface area contributed by atoms with Crippen molar-refractivity contribution >= 4 is 0 Å². The van der Waals surface area contributed by atoms with Gasteiger partial charge in [-0.1, -0.05) is 11.8 Å². The molecule has 0 aromatic heterocycles. The van der Waals surface area contributed by atoms with Crippen LogP contribution >= 0.6 is 0 Å². The van der Waals surface area contributed by atoms with Gasteiger partial charge in [-0.25, -0.2) is 0 Å². The monoisotopic (exact) mass is 186 g/mol. The Morgan fingerprint density at radius 1 is 0.786 bits per heavy atom. The SMILES string of the molecule is CC#COc1ccc(OC#CC)cc1. The first-order chi connectivity index (χ1) is 6.86. The summed E-state index contributed by atoms with van der Waals surface area (Å²) in [5.74, 6) is 6.66. The lowest BCUT2D eigenvalue weighted by molar-refractivity contribution is 0.505. The fourth-order valence-electron chi connectivity index (χ4n) is 0.796. The van der Waals surface area contributed by atoms with Crippen LogP contribution in [0.3, 0.4) is 0 Å². The summed E-state index contributed by atoms with van der Waals surface area (Å²) in [7, 11) is 0. The molecule has 1 aromatic rings. The summed E-state index contributed by atoms with van der Waals surface area (Å²) in [6, 6.07) is 7.10. The van der Waals surface area contributed by atoms with Crippen LogP contribution < -0.4 is 9.47 Å². The lowest BCUT2D eigenvalue weighted by Crippen LogP contribution is -1.84. The van der Waals surface area contributed by atoms with Crippen LogP contribution in [0.25, 0.3) is 0 Å². The summed E-state index contributed by atoms with van der Waals surface area (Å²) in [6.45, 7) is 3.43. The number of ether oxygens (including phenoxy) is 2. The van der Waals surface area contributed by atoms with Crippen LogP contribution in [0.2, 0.25) is 0 Å². The van der Waals surface area contributed by atoms with Crippen molar-refractivity contribution < 1.29 is 9.47 Å². The molecule has 0 aliphatic carbocycles. The van der Waals surface area contributed by atoms with Gasteiger partial charge in [-0.05, 0) is 24.3 Å². The highest BCUT2D eigenvalue weighted by molar-refractivity contribution is 5.32. The molecule has 0 spiro atoms. The molecule has 2 nitrogen and oxygen atoms in total. The van der Waals surface area contributed by atoms with E-state index in [-0.39, 0.29) is 0 Å². The molecular formula is C12H10O2. The molecule has 0 amide bonds. The topological polar surface area (TPSA) is 18.5 Å². The van der Waals surface area contributed by atoms with Crippen molar-refractivity contribution in [1.82, 2.24) is 0 Å². The Hall–Kier alpha value is -2.06. The predicted octanol–water partition coefficient (Wildman–Crippen LogP) is 2.41. The fraction of sp³-hybridized carbons (Fsp3) is 0.167. The quantitative estimate of drug-likeness (QED) is 0.660. The van der Waals surface area contributed by atoms with E-state index in [1.807, 2.05) is 0 Å². The van der Waals surface area contributed by atoms with Crippen molar-refractivity contribution in [3.05, 3.63) is 24.3 Å². The molecule has 0 fully saturated rings. The minimum absolute atomic E-state index is 0.691. The molecule has 70 valence electrons. The molecule has 0 atom stereocenters. The summed E-state index contributed by atoms with van der Waals surface area (Å²) in [6.07, 6.45) is 5.02. The molecule has 0 saturated heterocycles. The van der Waals surface area contributed by atoms with E-state index in [1.165, 1.54) is 0 Å². The second kappa shape index (κ2) is 5.56. The minimum Gasteiger partial charge on any atom is -0.408 e. The summed E-state index contributed by atoms with van der Waals surface area (Å²) < 4.78 is 10.1. The largest absolute Gasteiger partial charge is 0.408 e. The van der Waals surface area contributed by atoms with Gasteiger partial charge in [0.05, 0.1) is 0 Å². The van der Waals surface area contributed by atoms with E-state index in [2.05, 4.69) is 24.1 Å². The molecule has 0 bridgehead atoms. The Kier molecular flexibility index (Phi) is 3.98. The predicted molar refractivity (Wildman–Crippen MR) is 54.6 cm³/mol. The molecule has 1 rings (SSSR count). The lowest BCUT2D eigenvalue weighted by Gasteiger charge is -1.98. The molecule has 0 radical (unpaired) electrons. The maximum Gasteiger partial charge on any atom is 0.140 e. The molecule has 0 aliphatic rings. The van der Waals surface area contributed by atoms with Crippen molar-refractivity contribution in [3.8, 4) is 35.6 Å². The maximum absolute atomic E-state index is 5.06. The van der Waals surface area contributed by atoms with Gasteiger partial charge >= 0.3 is 0 Å². The minimum atomic E-state index is 0.691. The number of rotatable bonds is 2. The molecular weight excluding hydrogens is 176 g/mol. The lowest BCUT2D eigenvalue weighted by atomic mass is 10.3. The van der Waals surface area contributed by atoms with Gasteiger partial charge in [0.15, 0.2) is 0 Å². The smallest absolute Gasteiger partial charge is 0.140 e. The summed E-state index contributed by atoms with van der Waals surface area (Å²) in [4.78, 5) is 0. The molecule has 0 heterocycles. The summed E-state index contributed by atoms with van der Waals surface area (Å²) >= 11 is 0. The third-order valence-corrected chi connectivity index (χ3v) is 1.37. The van der Waals surface area contributed by atoms with Crippen LogP contribution in [0.4, 0.5) is 0 Å². The Morgan fingerprint density at radius 3 is 1.43 bits per heavy atom. The van der Waals surface area contributed by atoms with Crippen LogP contribution in [0, 0.1) is 24.1 Å². The fourth-order valence-corrected chi connectivity index (χ4v) is 0.796. The van der Waals surface area contributed by atoms with Crippen LogP contribution in [0.5, 0.6) is 11.5 Å². The Bertz CT molecular complexity index is 355. The highest BCUT2D eigenvalue weighted by Gasteiger charge is 1.93. The Balaban J connectivity index is 2.65. The van der Waals surface area contributed by atoms with E-state index in [4.69, 9.17) is 9.47 Å². The van der Waals surface area contributed by atoms with Crippen molar-refractivity contribution in [2.45, 2.75) is 13.8 Å². The maximum atomic E-state index is 5.06. The molecule has 0 aliphatic heterocycles. The number of benzene rings is 1. The summed E-state index contributed by atoms with van der Waals surface area (Å²) in [5.41, 5.74) is 0. The standard InChI is InChI=1S/C12H10O2/c1-3-9-13-11-5-7-12(8-6-11)14-10-4-2/h5-8H,1-2H3. The van der Waals surface area contributed by atoms with Gasteiger partial charge in [0.2, 0.25) is 0 Å². The van der Waals surface area contributed by atoms with Crippen molar-refractivity contribution in [1.29, 1.82) is 0 Å². The molecule has 0 unspecified atom stereocenters. The second-order valence-electron chi connectivity index (χ2n) is 2.38. The van der Waals surface area contributed by atoms with E-state index < -0.39 is 0 Å². The van der Waals surface area contributed by atoms with Crippen molar-refractivity contribution in [2.75, 3.05) is 0 Å². The average molecular weight is 186 g/mol. The zero-order chi connectivity index (χ0) is 10.2. The first kappa shape index (κ1) is 10.0. The highest BCUT2D eigenvalue weighted by Crippen LogP contribution is 2.16. The first-order valence-electron chi connectivity index (χ1n) is 4.14. The Labute approximate surface area is 83.8 Å². The van der Waals surface area contributed by atoms with Crippen LogP contribution in [0.15, 0.2) is 24.3 Å². The highest BCUT2D eigenvalue weighted by atomic mass is 16.5. The van der Waals surface area contributed by atoms with Crippen molar-refractivity contribution in [2.24, 2.45) is 0 Å². The van der Waals surface area contributed by atoms with E-state index in [0.717, 1.165) is 0 Å². The number of hydrogen-bond acceptors (Lipinski definition) is 2. The van der Waals surface area contributed by atoms with Gasteiger partial charge in [-0.3, -0.25) is 0 Å². The first-order valence-corrected chi connectivity index (χ1v) is 4.14. The molecule has 1 aromatic carbocycles. The molecule has 14 heavy (non-hydrogen) atoms. The van der Waals surface area contributed by atoms with E-state index >= 15 is 0 Å². The van der Waals surface area contributed by atoms with Gasteiger partial charge in [0, 0.05) is 13.8 Å². The van der Waals surface area contributed by atoms with Crippen LogP contribution in [0.1, 0.15) is 13.8 Å². The summed E-state index contributed by atoms with van der Waals surface area (Å²) in [5, 5.41) is 0. The third-order valence-electron chi connectivity index (χ3n) is 1.37. The van der Waals surface area contributed by atoms with Gasteiger partial charge in [-0.2, -0.15) is 0 Å². The van der Waals surface area contributed by atoms with Crippen molar-refractivity contribution in [3.63, 3.8) is 0 Å². The van der Waals surface area contributed by atoms with Crippen LogP contribution in [-0.2, 0) is 0 Å². The Morgan fingerprint density at radius 2 is 1.14 bits per heavy atom. The normalized spacial score (nSPS) is 7.57. The average Bonchev–Trinajstić information content (AvgIpc) is 2.25. The van der Waals surface area contributed by atoms with E-state index in [9.17, 15) is 0 Å². The van der Waals surface area contributed by atoms with Crippen LogP contribution in [-0.4, -0.2) is 0 Å². The number of hydrogen-bond donors (Lipinski definition) is 0. The van der Waals surface area contributed by atoms with Gasteiger partial charge < -0.3 is 9.47 Å². The zero-order valence-electron chi connectivity index (χ0n) is 8.13. The molecule has 0 N–H and O–H groups in total.